The molecule has 0 aliphatic heterocycles. The Hall–Kier alpha value is -1.58. The van der Waals surface area contributed by atoms with Gasteiger partial charge in [-0.25, -0.2) is 9.37 Å². The van der Waals surface area contributed by atoms with Gasteiger partial charge in [0.2, 0.25) is 0 Å². The number of halogens is 1. The Kier molecular flexibility index (Phi) is 1.30. The Labute approximate surface area is 68.6 Å². The van der Waals surface area contributed by atoms with Gasteiger partial charge in [-0.3, -0.25) is 0 Å². The molecule has 0 aromatic carbocycles. The van der Waals surface area contributed by atoms with Gasteiger partial charge in [-0.1, -0.05) is 0 Å². The number of pyridine rings is 1. The Bertz CT molecular complexity index is 394. The minimum Gasteiger partial charge on any atom is -0.395 e. The van der Waals surface area contributed by atoms with Crippen molar-refractivity contribution in [3.8, 4) is 0 Å². The second-order valence-electron chi connectivity index (χ2n) is 2.72. The Morgan fingerprint density at radius 1 is 1.50 bits per heavy atom. The molecule has 62 valence electrons. The summed E-state index contributed by atoms with van der Waals surface area (Å²) in [6.45, 7) is 1.85. The van der Waals surface area contributed by atoms with Crippen molar-refractivity contribution in [2.75, 3.05) is 5.73 Å². The van der Waals surface area contributed by atoms with Crippen molar-refractivity contribution < 1.29 is 4.39 Å². The average molecular weight is 165 g/mol. The molecule has 0 bridgehead atoms. The molecule has 0 aliphatic carbocycles. The van der Waals surface area contributed by atoms with Crippen molar-refractivity contribution >= 4 is 11.3 Å². The number of nitrogens with zero attached hydrogens (tertiary/aromatic N) is 2. The van der Waals surface area contributed by atoms with Gasteiger partial charge in [0, 0.05) is 18.5 Å². The van der Waals surface area contributed by atoms with E-state index in [1.165, 1.54) is 12.3 Å². The number of nitrogen functional groups attached to an aromatic ring is 1. The Morgan fingerprint density at radius 2 is 2.25 bits per heavy atom. The largest absolute Gasteiger partial charge is 0.395 e. The molecule has 0 unspecified atom stereocenters. The van der Waals surface area contributed by atoms with E-state index in [1.807, 2.05) is 6.92 Å². The van der Waals surface area contributed by atoms with E-state index in [0.29, 0.717) is 5.65 Å². The molecule has 2 aromatic heterocycles. The summed E-state index contributed by atoms with van der Waals surface area (Å²) in [6, 6.07) is 1.32. The van der Waals surface area contributed by atoms with Crippen LogP contribution in [0.1, 0.15) is 5.69 Å². The summed E-state index contributed by atoms with van der Waals surface area (Å²) in [5.74, 6) is -0.423. The van der Waals surface area contributed by atoms with E-state index < -0.39 is 5.82 Å². The minimum absolute atomic E-state index is 0.139. The highest BCUT2D eigenvalue weighted by molar-refractivity contribution is 5.49. The van der Waals surface area contributed by atoms with Gasteiger partial charge in [-0.15, -0.1) is 0 Å². The number of hydrogen-bond acceptors (Lipinski definition) is 2. The zero-order chi connectivity index (χ0) is 8.72. The van der Waals surface area contributed by atoms with Crippen LogP contribution in [0.5, 0.6) is 0 Å². The van der Waals surface area contributed by atoms with Crippen LogP contribution >= 0.6 is 0 Å². The number of hydrogen-bond donors (Lipinski definition) is 1. The van der Waals surface area contributed by atoms with E-state index in [2.05, 4.69) is 4.98 Å². The van der Waals surface area contributed by atoms with Gasteiger partial charge in [-0.2, -0.15) is 0 Å². The van der Waals surface area contributed by atoms with E-state index in [9.17, 15) is 4.39 Å². The number of rotatable bonds is 0. The summed E-state index contributed by atoms with van der Waals surface area (Å²) < 4.78 is 14.6. The number of aryl methyl sites for hydroxylation is 1. The predicted molar refractivity (Wildman–Crippen MR) is 44.3 cm³/mol. The lowest BCUT2D eigenvalue weighted by atomic mass is 10.4. The summed E-state index contributed by atoms with van der Waals surface area (Å²) in [7, 11) is 0. The first-order chi connectivity index (χ1) is 5.66. The van der Waals surface area contributed by atoms with E-state index in [-0.39, 0.29) is 5.69 Å². The maximum atomic E-state index is 12.9. The topological polar surface area (TPSA) is 43.3 Å². The zero-order valence-electron chi connectivity index (χ0n) is 6.58. The first-order valence-electron chi connectivity index (χ1n) is 3.57. The lowest BCUT2D eigenvalue weighted by molar-refractivity contribution is 0.631. The van der Waals surface area contributed by atoms with Crippen LogP contribution in [0.4, 0.5) is 10.1 Å². The van der Waals surface area contributed by atoms with E-state index in [4.69, 9.17) is 5.73 Å². The third-order valence-corrected chi connectivity index (χ3v) is 1.69. The van der Waals surface area contributed by atoms with Gasteiger partial charge in [-0.05, 0) is 6.92 Å². The molecule has 2 rings (SSSR count). The molecule has 0 amide bonds. The van der Waals surface area contributed by atoms with Crippen LogP contribution in [-0.4, -0.2) is 9.38 Å². The van der Waals surface area contributed by atoms with Crippen LogP contribution in [0.15, 0.2) is 18.5 Å². The van der Waals surface area contributed by atoms with Crippen molar-refractivity contribution in [2.45, 2.75) is 6.92 Å². The fourth-order valence-electron chi connectivity index (χ4n) is 1.15. The molecule has 2 heterocycles. The molecule has 0 aliphatic rings. The first-order valence-corrected chi connectivity index (χ1v) is 3.57. The maximum Gasteiger partial charge on any atom is 0.151 e. The molecular formula is C8H8FN3. The zero-order valence-corrected chi connectivity index (χ0v) is 6.58. The van der Waals surface area contributed by atoms with Crippen LogP contribution in [0, 0.1) is 12.7 Å². The number of aromatic nitrogens is 2. The molecule has 0 saturated carbocycles. The molecule has 0 atom stereocenters. The predicted octanol–water partition coefficient (Wildman–Crippen LogP) is 1.36. The molecule has 0 saturated heterocycles. The molecule has 2 aromatic rings. The lowest BCUT2D eigenvalue weighted by Gasteiger charge is -1.96. The Balaban J connectivity index is 2.83. The second-order valence-corrected chi connectivity index (χ2v) is 2.72. The van der Waals surface area contributed by atoms with Gasteiger partial charge in [0.1, 0.15) is 5.65 Å². The summed E-state index contributed by atoms with van der Waals surface area (Å²) >= 11 is 0. The highest BCUT2D eigenvalue weighted by Crippen LogP contribution is 2.12. The fraction of sp³-hybridized carbons (Fsp3) is 0.125. The first kappa shape index (κ1) is 7.09. The van der Waals surface area contributed by atoms with Crippen molar-refractivity contribution in [2.24, 2.45) is 0 Å². The lowest BCUT2D eigenvalue weighted by Crippen LogP contribution is -1.94. The summed E-state index contributed by atoms with van der Waals surface area (Å²) in [4.78, 5) is 4.08. The van der Waals surface area contributed by atoms with Crippen LogP contribution in [0.2, 0.25) is 0 Å². The van der Waals surface area contributed by atoms with Crippen molar-refractivity contribution in [3.05, 3.63) is 30.0 Å². The normalized spacial score (nSPS) is 10.8. The average Bonchev–Trinajstić information content (AvgIpc) is 2.30. The third-order valence-electron chi connectivity index (χ3n) is 1.69. The van der Waals surface area contributed by atoms with Crippen molar-refractivity contribution in [3.63, 3.8) is 0 Å². The number of imidazole rings is 1. The molecule has 4 heteroatoms. The van der Waals surface area contributed by atoms with Crippen molar-refractivity contribution in [1.29, 1.82) is 0 Å². The molecule has 2 N–H and O–H groups in total. The van der Waals surface area contributed by atoms with Crippen molar-refractivity contribution in [1.82, 2.24) is 9.38 Å². The summed E-state index contributed by atoms with van der Waals surface area (Å²) in [5, 5.41) is 0. The van der Waals surface area contributed by atoms with Gasteiger partial charge >= 0.3 is 0 Å². The number of anilines is 1. The Morgan fingerprint density at radius 3 is 3.00 bits per heavy atom. The van der Waals surface area contributed by atoms with E-state index in [1.54, 1.807) is 10.6 Å². The molecule has 0 fully saturated rings. The second kappa shape index (κ2) is 2.20. The van der Waals surface area contributed by atoms with Crippen LogP contribution in [0.3, 0.4) is 0 Å². The standard InChI is InChI=1S/C8H8FN3/c1-5-3-12-4-7(10)6(9)2-8(12)11-5/h2-4H,10H2,1H3. The smallest absolute Gasteiger partial charge is 0.151 e. The molecule has 12 heavy (non-hydrogen) atoms. The SMILES string of the molecule is Cc1cn2cc(N)c(F)cc2n1. The third kappa shape index (κ3) is 0.922. The molecule has 3 nitrogen and oxygen atoms in total. The monoisotopic (exact) mass is 165 g/mol. The van der Waals surface area contributed by atoms with Crippen LogP contribution < -0.4 is 5.73 Å². The summed E-state index contributed by atoms with van der Waals surface area (Å²) in [6.07, 6.45) is 3.32. The molecule has 0 radical (unpaired) electrons. The summed E-state index contributed by atoms with van der Waals surface area (Å²) in [5.41, 5.74) is 6.94. The van der Waals surface area contributed by atoms with Gasteiger partial charge in [0.25, 0.3) is 0 Å². The van der Waals surface area contributed by atoms with Gasteiger partial charge in [0.05, 0.1) is 11.4 Å². The minimum atomic E-state index is -0.423. The van der Waals surface area contributed by atoms with Crippen LogP contribution in [-0.2, 0) is 0 Å². The van der Waals surface area contributed by atoms with Gasteiger partial charge in [0.15, 0.2) is 5.82 Å². The quantitative estimate of drug-likeness (QED) is 0.640. The fourth-order valence-corrected chi connectivity index (χ4v) is 1.15. The highest BCUT2D eigenvalue weighted by atomic mass is 19.1. The highest BCUT2D eigenvalue weighted by Gasteiger charge is 2.02. The number of nitrogens with two attached hydrogens (primary N) is 1. The van der Waals surface area contributed by atoms with Crippen LogP contribution in [0.25, 0.3) is 5.65 Å². The van der Waals surface area contributed by atoms with E-state index in [0.717, 1.165) is 5.69 Å². The molecular weight excluding hydrogens is 157 g/mol. The van der Waals surface area contributed by atoms with Gasteiger partial charge < -0.3 is 10.1 Å². The maximum absolute atomic E-state index is 12.9. The van der Waals surface area contributed by atoms with E-state index >= 15 is 0 Å². The molecule has 0 spiro atoms. The number of fused-ring (bicyclic) bond motifs is 1.